The third-order valence-electron chi connectivity index (χ3n) is 2.82. The minimum Gasteiger partial charge on any atom is -0.457 e. The first kappa shape index (κ1) is 14.0. The number of ether oxygens (including phenoxy) is 1. The van der Waals surface area contributed by atoms with Gasteiger partial charge in [0.1, 0.15) is 17.3 Å². The highest BCUT2D eigenvalue weighted by atomic mass is 79.9. The summed E-state index contributed by atoms with van der Waals surface area (Å²) >= 11 is 3.41. The number of hydrogen-bond donors (Lipinski definition) is 1. The molecule has 2 N–H and O–H groups in total. The van der Waals surface area contributed by atoms with Crippen LogP contribution in [0, 0.1) is 12.7 Å². The summed E-state index contributed by atoms with van der Waals surface area (Å²) in [5.74, 6) is 1.05. The van der Waals surface area contributed by atoms with E-state index in [9.17, 15) is 4.39 Å². The third-order valence-corrected chi connectivity index (χ3v) is 3.31. The Morgan fingerprint density at radius 2 is 1.84 bits per heavy atom. The molecule has 2 aromatic rings. The third kappa shape index (κ3) is 3.33. The van der Waals surface area contributed by atoms with Crippen molar-refractivity contribution in [3.63, 3.8) is 0 Å². The van der Waals surface area contributed by atoms with Crippen LogP contribution in [0.1, 0.15) is 24.1 Å². The maximum absolute atomic E-state index is 13.1. The summed E-state index contributed by atoms with van der Waals surface area (Å²) in [5.41, 5.74) is 7.59. The molecule has 2 nitrogen and oxygen atoms in total. The van der Waals surface area contributed by atoms with Crippen molar-refractivity contribution in [3.8, 4) is 11.5 Å². The maximum atomic E-state index is 13.1. The van der Waals surface area contributed by atoms with Gasteiger partial charge in [-0.15, -0.1) is 0 Å². The molecule has 1 unspecified atom stereocenters. The van der Waals surface area contributed by atoms with Gasteiger partial charge in [0.25, 0.3) is 0 Å². The van der Waals surface area contributed by atoms with Crippen LogP contribution in [0.2, 0.25) is 0 Å². The monoisotopic (exact) mass is 323 g/mol. The van der Waals surface area contributed by atoms with Crippen LogP contribution in [0.15, 0.2) is 40.9 Å². The zero-order valence-corrected chi connectivity index (χ0v) is 12.4. The predicted molar refractivity (Wildman–Crippen MR) is 78.0 cm³/mol. The molecule has 0 amide bonds. The quantitative estimate of drug-likeness (QED) is 0.887. The second kappa shape index (κ2) is 5.72. The number of halogens is 2. The number of benzene rings is 2. The lowest BCUT2D eigenvalue weighted by Gasteiger charge is -2.15. The summed E-state index contributed by atoms with van der Waals surface area (Å²) < 4.78 is 19.9. The highest BCUT2D eigenvalue weighted by molar-refractivity contribution is 9.10. The predicted octanol–water partition coefficient (Wildman–Crippen LogP) is 4.71. The Bertz CT molecular complexity index is 599. The molecular weight excluding hydrogens is 309 g/mol. The van der Waals surface area contributed by atoms with Gasteiger partial charge in [0.2, 0.25) is 0 Å². The van der Waals surface area contributed by atoms with Crippen molar-refractivity contribution in [2.75, 3.05) is 0 Å². The second-order valence-electron chi connectivity index (χ2n) is 4.48. The van der Waals surface area contributed by atoms with Crippen LogP contribution in [0.25, 0.3) is 0 Å². The van der Waals surface area contributed by atoms with Gasteiger partial charge >= 0.3 is 0 Å². The van der Waals surface area contributed by atoms with Crippen molar-refractivity contribution in [1.82, 2.24) is 0 Å². The molecule has 19 heavy (non-hydrogen) atoms. The molecular formula is C15H15BrFNO. The Morgan fingerprint density at radius 3 is 2.47 bits per heavy atom. The number of rotatable bonds is 3. The summed E-state index contributed by atoms with van der Waals surface area (Å²) in [7, 11) is 0. The van der Waals surface area contributed by atoms with E-state index < -0.39 is 0 Å². The van der Waals surface area contributed by atoms with Crippen molar-refractivity contribution >= 4 is 15.9 Å². The maximum Gasteiger partial charge on any atom is 0.132 e. The van der Waals surface area contributed by atoms with Gasteiger partial charge in [-0.3, -0.25) is 0 Å². The average molecular weight is 324 g/mol. The first-order chi connectivity index (χ1) is 8.97. The van der Waals surface area contributed by atoms with Gasteiger partial charge in [0.05, 0.1) is 0 Å². The molecule has 100 valence electrons. The largest absolute Gasteiger partial charge is 0.457 e. The Morgan fingerprint density at radius 1 is 1.16 bits per heavy atom. The molecule has 2 aromatic carbocycles. The molecule has 0 aliphatic rings. The van der Waals surface area contributed by atoms with Crippen molar-refractivity contribution in [3.05, 3.63) is 57.8 Å². The van der Waals surface area contributed by atoms with Gasteiger partial charge in [0.15, 0.2) is 0 Å². The Hall–Kier alpha value is -1.39. The van der Waals surface area contributed by atoms with Crippen LogP contribution in [-0.2, 0) is 0 Å². The standard InChI is InChI=1S/C15H15BrFNO/c1-9-7-12(17)4-6-14(9)19-15-5-3-11(16)8-13(15)10(2)18/h3-8,10H,18H2,1-2H3. The van der Waals surface area contributed by atoms with Crippen LogP contribution in [0.3, 0.4) is 0 Å². The number of hydrogen-bond acceptors (Lipinski definition) is 2. The minimum absolute atomic E-state index is 0.145. The van der Waals surface area contributed by atoms with Crippen molar-refractivity contribution in [2.45, 2.75) is 19.9 Å². The van der Waals surface area contributed by atoms with E-state index in [1.807, 2.05) is 32.0 Å². The molecule has 0 fully saturated rings. The molecule has 0 saturated heterocycles. The van der Waals surface area contributed by atoms with Crippen LogP contribution in [0.4, 0.5) is 4.39 Å². The fourth-order valence-corrected chi connectivity index (χ4v) is 2.19. The fraction of sp³-hybridized carbons (Fsp3) is 0.200. The molecule has 4 heteroatoms. The molecule has 0 heterocycles. The molecule has 0 bridgehead atoms. The van der Waals surface area contributed by atoms with Crippen molar-refractivity contribution in [1.29, 1.82) is 0 Å². The molecule has 0 aliphatic heterocycles. The molecule has 0 radical (unpaired) electrons. The SMILES string of the molecule is Cc1cc(F)ccc1Oc1ccc(Br)cc1C(C)N. The summed E-state index contributed by atoms with van der Waals surface area (Å²) in [4.78, 5) is 0. The molecule has 0 saturated carbocycles. The summed E-state index contributed by atoms with van der Waals surface area (Å²) in [6, 6.07) is 9.97. The van der Waals surface area contributed by atoms with E-state index in [-0.39, 0.29) is 11.9 Å². The first-order valence-corrected chi connectivity index (χ1v) is 6.75. The smallest absolute Gasteiger partial charge is 0.132 e. The zero-order valence-electron chi connectivity index (χ0n) is 10.8. The fourth-order valence-electron chi connectivity index (χ4n) is 1.81. The highest BCUT2D eigenvalue weighted by Gasteiger charge is 2.11. The Kier molecular flexibility index (Phi) is 4.22. The van der Waals surface area contributed by atoms with Crippen LogP contribution >= 0.6 is 15.9 Å². The highest BCUT2D eigenvalue weighted by Crippen LogP contribution is 2.32. The second-order valence-corrected chi connectivity index (χ2v) is 5.40. The molecule has 2 rings (SSSR count). The van der Waals surface area contributed by atoms with Crippen molar-refractivity contribution < 1.29 is 9.13 Å². The number of aryl methyl sites for hydroxylation is 1. The van der Waals surface area contributed by atoms with Gasteiger partial charge < -0.3 is 10.5 Å². The van der Waals surface area contributed by atoms with E-state index in [4.69, 9.17) is 10.5 Å². The normalized spacial score (nSPS) is 12.3. The molecule has 1 atom stereocenters. The van der Waals surface area contributed by atoms with Gasteiger partial charge in [0, 0.05) is 16.1 Å². The van der Waals surface area contributed by atoms with E-state index >= 15 is 0 Å². The lowest BCUT2D eigenvalue weighted by atomic mass is 10.1. The van der Waals surface area contributed by atoms with E-state index in [1.165, 1.54) is 12.1 Å². The van der Waals surface area contributed by atoms with Crippen LogP contribution < -0.4 is 10.5 Å². The van der Waals surface area contributed by atoms with E-state index in [0.29, 0.717) is 11.5 Å². The summed E-state index contributed by atoms with van der Waals surface area (Å²) in [6.45, 7) is 3.70. The lowest BCUT2D eigenvalue weighted by molar-refractivity contribution is 0.466. The first-order valence-electron chi connectivity index (χ1n) is 5.96. The zero-order chi connectivity index (χ0) is 14.0. The van der Waals surface area contributed by atoms with E-state index in [2.05, 4.69) is 15.9 Å². The summed E-state index contributed by atoms with van der Waals surface area (Å²) in [5, 5.41) is 0. The van der Waals surface area contributed by atoms with Gasteiger partial charge in [-0.25, -0.2) is 4.39 Å². The molecule has 0 aliphatic carbocycles. The number of nitrogens with two attached hydrogens (primary N) is 1. The van der Waals surface area contributed by atoms with Crippen LogP contribution in [-0.4, -0.2) is 0 Å². The Balaban J connectivity index is 2.38. The molecule has 0 spiro atoms. The van der Waals surface area contributed by atoms with Gasteiger partial charge in [-0.2, -0.15) is 0 Å². The molecule has 0 aromatic heterocycles. The Labute approximate surface area is 120 Å². The average Bonchev–Trinajstić information content (AvgIpc) is 2.34. The van der Waals surface area contributed by atoms with Crippen LogP contribution in [0.5, 0.6) is 11.5 Å². The minimum atomic E-state index is -0.270. The van der Waals surface area contributed by atoms with E-state index in [0.717, 1.165) is 15.6 Å². The summed E-state index contributed by atoms with van der Waals surface area (Å²) in [6.07, 6.45) is 0. The topological polar surface area (TPSA) is 35.2 Å². The van der Waals surface area contributed by atoms with Gasteiger partial charge in [-0.1, -0.05) is 15.9 Å². The lowest BCUT2D eigenvalue weighted by Crippen LogP contribution is -2.07. The van der Waals surface area contributed by atoms with E-state index in [1.54, 1.807) is 6.07 Å². The van der Waals surface area contributed by atoms with Gasteiger partial charge in [-0.05, 0) is 55.8 Å². The van der Waals surface area contributed by atoms with Crippen molar-refractivity contribution in [2.24, 2.45) is 5.73 Å².